The fourth-order valence-corrected chi connectivity index (χ4v) is 0.198. The number of carbonyl (C=O) groups excluding carboxylic acids is 2. The highest BCUT2D eigenvalue weighted by Crippen LogP contribution is 1.75. The molecule has 0 amide bonds. The molecule has 0 fully saturated rings. The third-order valence-corrected chi connectivity index (χ3v) is 0.457. The molecule has 0 rings (SSSR count). The smallest absolute Gasteiger partial charge is 0.319 e. The molecule has 0 aliphatic heterocycles. The molecule has 0 aliphatic carbocycles. The molecule has 0 aromatic heterocycles. The Morgan fingerprint density at radius 1 is 1.78 bits per heavy atom. The predicted octanol–water partition coefficient (Wildman–Crippen LogP) is 0.124. The van der Waals surface area contributed by atoms with Gasteiger partial charge in [0.2, 0.25) is 0 Å². The lowest BCUT2D eigenvalue weighted by Gasteiger charge is -1.84. The van der Waals surface area contributed by atoms with Gasteiger partial charge in [0.05, 0.1) is 6.21 Å². The van der Waals surface area contributed by atoms with Crippen LogP contribution in [0.15, 0.2) is 5.16 Å². The van der Waals surface area contributed by atoms with E-state index in [1.165, 1.54) is 13.1 Å². The second-order valence-electron chi connectivity index (χ2n) is 1.27. The molecule has 0 spiro atoms. The Balaban J connectivity index is 3.24. The van der Waals surface area contributed by atoms with Crippen LogP contribution in [0.5, 0.6) is 0 Å². The van der Waals surface area contributed by atoms with Crippen molar-refractivity contribution in [2.45, 2.75) is 13.3 Å². The summed E-state index contributed by atoms with van der Waals surface area (Å²) in [4.78, 5) is 23.7. The normalized spacial score (nSPS) is 9.44. The zero-order chi connectivity index (χ0) is 7.11. The molecule has 0 unspecified atom stereocenters. The van der Waals surface area contributed by atoms with Crippen LogP contribution in [0.2, 0.25) is 0 Å². The fourth-order valence-electron chi connectivity index (χ4n) is 0.198. The van der Waals surface area contributed by atoms with E-state index in [9.17, 15) is 9.59 Å². The average Bonchev–Trinajstić information content (AvgIpc) is 1.80. The first-order chi connectivity index (χ1) is 4.27. The van der Waals surface area contributed by atoms with Crippen LogP contribution >= 0.6 is 0 Å². The van der Waals surface area contributed by atoms with E-state index in [0.29, 0.717) is 6.29 Å². The molecule has 4 nitrogen and oxygen atoms in total. The van der Waals surface area contributed by atoms with Gasteiger partial charge in [-0.2, -0.15) is 0 Å². The van der Waals surface area contributed by atoms with E-state index >= 15 is 0 Å². The first-order valence-corrected chi connectivity index (χ1v) is 2.40. The molecule has 0 radical (unpaired) electrons. The molecule has 0 aliphatic rings. The molecule has 0 saturated carbocycles. The van der Waals surface area contributed by atoms with Gasteiger partial charge in [-0.15, -0.1) is 0 Å². The maximum atomic E-state index is 9.98. The maximum absolute atomic E-state index is 9.98. The Morgan fingerprint density at radius 3 is 2.89 bits per heavy atom. The molecule has 0 N–H and O–H groups in total. The Kier molecular flexibility index (Phi) is 4.30. The fraction of sp³-hybridized carbons (Fsp3) is 0.400. The minimum Gasteiger partial charge on any atom is -0.319 e. The average molecular weight is 129 g/mol. The summed E-state index contributed by atoms with van der Waals surface area (Å²) in [6, 6.07) is 0. The third kappa shape index (κ3) is 6.81. The molecule has 0 heterocycles. The number of hydrogen-bond donors (Lipinski definition) is 0. The SMILES string of the molecule is CC(=O)ON=CCC=O. The molecule has 50 valence electrons. The highest BCUT2D eigenvalue weighted by molar-refractivity contribution is 5.76. The van der Waals surface area contributed by atoms with Crippen molar-refractivity contribution in [1.29, 1.82) is 0 Å². The highest BCUT2D eigenvalue weighted by atomic mass is 16.7. The lowest BCUT2D eigenvalue weighted by molar-refractivity contribution is -0.140. The van der Waals surface area contributed by atoms with Crippen LogP contribution in [0.4, 0.5) is 0 Å². The number of hydrogen-bond acceptors (Lipinski definition) is 4. The number of aldehydes is 1. The summed E-state index contributed by atoms with van der Waals surface area (Å²) in [5, 5.41) is 3.15. The van der Waals surface area contributed by atoms with Crippen molar-refractivity contribution in [1.82, 2.24) is 0 Å². The summed E-state index contributed by atoms with van der Waals surface area (Å²) in [5.74, 6) is -0.489. The van der Waals surface area contributed by atoms with Crippen LogP contribution in [-0.4, -0.2) is 18.5 Å². The molecule has 9 heavy (non-hydrogen) atoms. The van der Waals surface area contributed by atoms with E-state index < -0.39 is 5.97 Å². The second kappa shape index (κ2) is 4.96. The van der Waals surface area contributed by atoms with E-state index in [4.69, 9.17) is 0 Å². The Bertz CT molecular complexity index is 130. The van der Waals surface area contributed by atoms with Crippen LogP contribution < -0.4 is 0 Å². The van der Waals surface area contributed by atoms with Gasteiger partial charge in [-0.3, -0.25) is 0 Å². The minimum atomic E-state index is -0.489. The van der Waals surface area contributed by atoms with Crippen molar-refractivity contribution in [3.05, 3.63) is 0 Å². The summed E-state index contributed by atoms with van der Waals surface area (Å²) < 4.78 is 0. The molecule has 0 saturated heterocycles. The van der Waals surface area contributed by atoms with Crippen LogP contribution in [0.25, 0.3) is 0 Å². The van der Waals surface area contributed by atoms with Crippen molar-refractivity contribution < 1.29 is 14.4 Å². The van der Waals surface area contributed by atoms with Crippen molar-refractivity contribution >= 4 is 18.5 Å². The largest absolute Gasteiger partial charge is 0.331 e. The Hall–Kier alpha value is -1.19. The monoisotopic (exact) mass is 129 g/mol. The van der Waals surface area contributed by atoms with Gasteiger partial charge in [0.1, 0.15) is 6.29 Å². The number of nitrogens with zero attached hydrogens (tertiary/aromatic N) is 1. The molecule has 4 heteroatoms. The maximum Gasteiger partial charge on any atom is 0.331 e. The van der Waals surface area contributed by atoms with E-state index in [-0.39, 0.29) is 6.42 Å². The van der Waals surface area contributed by atoms with Crippen LogP contribution in [0.3, 0.4) is 0 Å². The van der Waals surface area contributed by atoms with Crippen molar-refractivity contribution in [3.63, 3.8) is 0 Å². The van der Waals surface area contributed by atoms with Gasteiger partial charge < -0.3 is 9.63 Å². The summed E-state index contributed by atoms with van der Waals surface area (Å²) >= 11 is 0. The molecule has 0 aromatic rings. The molecule has 0 atom stereocenters. The summed E-state index contributed by atoms with van der Waals surface area (Å²) in [7, 11) is 0. The number of rotatable bonds is 3. The second-order valence-corrected chi connectivity index (χ2v) is 1.27. The first kappa shape index (κ1) is 7.81. The van der Waals surface area contributed by atoms with Gasteiger partial charge in [-0.1, -0.05) is 5.16 Å². The lowest BCUT2D eigenvalue weighted by Crippen LogP contribution is -1.90. The van der Waals surface area contributed by atoms with Crippen molar-refractivity contribution in [2.75, 3.05) is 0 Å². The molecule has 0 bridgehead atoms. The van der Waals surface area contributed by atoms with E-state index in [2.05, 4.69) is 9.99 Å². The van der Waals surface area contributed by atoms with Gasteiger partial charge in [-0.05, 0) is 0 Å². The Labute approximate surface area is 52.5 Å². The first-order valence-electron chi connectivity index (χ1n) is 2.40. The highest BCUT2D eigenvalue weighted by Gasteiger charge is 1.84. The minimum absolute atomic E-state index is 0.174. The topological polar surface area (TPSA) is 55.7 Å². The van der Waals surface area contributed by atoms with Crippen LogP contribution in [0.1, 0.15) is 13.3 Å². The molecule has 0 aromatic carbocycles. The van der Waals surface area contributed by atoms with Crippen LogP contribution in [0, 0.1) is 0 Å². The Morgan fingerprint density at radius 2 is 2.44 bits per heavy atom. The quantitative estimate of drug-likeness (QED) is 0.235. The van der Waals surface area contributed by atoms with Gasteiger partial charge in [0.25, 0.3) is 0 Å². The van der Waals surface area contributed by atoms with E-state index in [1.807, 2.05) is 0 Å². The number of oxime groups is 1. The summed E-state index contributed by atoms with van der Waals surface area (Å²) in [6.07, 6.45) is 2.05. The van der Waals surface area contributed by atoms with Crippen LogP contribution in [-0.2, 0) is 14.4 Å². The lowest BCUT2D eigenvalue weighted by atomic mass is 10.5. The zero-order valence-electron chi connectivity index (χ0n) is 5.03. The van der Waals surface area contributed by atoms with E-state index in [1.54, 1.807) is 0 Å². The van der Waals surface area contributed by atoms with Gasteiger partial charge in [-0.25, -0.2) is 4.79 Å². The summed E-state index contributed by atoms with van der Waals surface area (Å²) in [5.41, 5.74) is 0. The van der Waals surface area contributed by atoms with Gasteiger partial charge in [0, 0.05) is 13.3 Å². The van der Waals surface area contributed by atoms with Crippen molar-refractivity contribution in [3.8, 4) is 0 Å². The molecular weight excluding hydrogens is 122 g/mol. The van der Waals surface area contributed by atoms with Crippen molar-refractivity contribution in [2.24, 2.45) is 5.16 Å². The molecular formula is C5H7NO3. The third-order valence-electron chi connectivity index (χ3n) is 0.457. The standard InChI is InChI=1S/C5H7NO3/c1-5(8)9-6-3-2-4-7/h3-4H,2H2,1H3. The number of carbonyl (C=O) groups is 2. The zero-order valence-corrected chi connectivity index (χ0v) is 5.03. The van der Waals surface area contributed by atoms with E-state index in [0.717, 1.165) is 0 Å². The van der Waals surface area contributed by atoms with Gasteiger partial charge in [0.15, 0.2) is 0 Å². The summed E-state index contributed by atoms with van der Waals surface area (Å²) in [6.45, 7) is 1.23. The predicted molar refractivity (Wildman–Crippen MR) is 30.9 cm³/mol. The van der Waals surface area contributed by atoms with Gasteiger partial charge >= 0.3 is 5.97 Å².